The summed E-state index contributed by atoms with van der Waals surface area (Å²) < 4.78 is 0. The number of nitrogens with two attached hydrogens (primary N) is 1. The van der Waals surface area contributed by atoms with Crippen molar-refractivity contribution in [1.29, 1.82) is 0 Å². The summed E-state index contributed by atoms with van der Waals surface area (Å²) in [6, 6.07) is 8.99. The van der Waals surface area contributed by atoms with Gasteiger partial charge in [0, 0.05) is 17.5 Å². The lowest BCUT2D eigenvalue weighted by atomic mass is 10.1. The molecule has 0 saturated carbocycles. The SMILES string of the molecule is CC(c1cccs1)N(C)C(=O)c1ccc(N)c(Cl)c1. The molecule has 3 nitrogen and oxygen atoms in total. The highest BCUT2D eigenvalue weighted by Crippen LogP contribution is 2.26. The molecule has 0 aliphatic carbocycles. The van der Waals surface area contributed by atoms with Gasteiger partial charge in [-0.05, 0) is 36.6 Å². The van der Waals surface area contributed by atoms with Gasteiger partial charge in [-0.15, -0.1) is 11.3 Å². The Morgan fingerprint density at radius 3 is 2.74 bits per heavy atom. The van der Waals surface area contributed by atoms with Crippen molar-refractivity contribution in [2.75, 3.05) is 12.8 Å². The number of benzene rings is 1. The maximum absolute atomic E-state index is 12.4. The minimum atomic E-state index is -0.0669. The van der Waals surface area contributed by atoms with Gasteiger partial charge in [0.2, 0.25) is 0 Å². The molecule has 2 rings (SSSR count). The molecule has 19 heavy (non-hydrogen) atoms. The van der Waals surface area contributed by atoms with Crippen LogP contribution in [0.4, 0.5) is 5.69 Å². The summed E-state index contributed by atoms with van der Waals surface area (Å²) in [6.45, 7) is 2.00. The van der Waals surface area contributed by atoms with Crippen LogP contribution in [0.3, 0.4) is 0 Å². The first-order valence-electron chi connectivity index (χ1n) is 5.86. The molecule has 0 radical (unpaired) electrons. The van der Waals surface area contributed by atoms with Crippen LogP contribution in [0.2, 0.25) is 5.02 Å². The molecule has 0 bridgehead atoms. The molecule has 0 fully saturated rings. The van der Waals surface area contributed by atoms with Crippen LogP contribution in [-0.4, -0.2) is 17.9 Å². The summed E-state index contributed by atoms with van der Waals surface area (Å²) in [5.74, 6) is -0.0669. The lowest BCUT2D eigenvalue weighted by Crippen LogP contribution is -2.29. The number of carbonyl (C=O) groups is 1. The van der Waals surface area contributed by atoms with Gasteiger partial charge in [-0.2, -0.15) is 0 Å². The van der Waals surface area contributed by atoms with Gasteiger partial charge in [0.15, 0.2) is 0 Å². The molecule has 2 N–H and O–H groups in total. The summed E-state index contributed by atoms with van der Waals surface area (Å²) >= 11 is 7.59. The van der Waals surface area contributed by atoms with Gasteiger partial charge >= 0.3 is 0 Å². The number of carbonyl (C=O) groups excluding carboxylic acids is 1. The van der Waals surface area contributed by atoms with E-state index in [9.17, 15) is 4.79 Å². The average Bonchev–Trinajstić information content (AvgIpc) is 2.93. The van der Waals surface area contributed by atoms with Crippen molar-refractivity contribution >= 4 is 34.5 Å². The highest BCUT2D eigenvalue weighted by atomic mass is 35.5. The van der Waals surface area contributed by atoms with Crippen molar-refractivity contribution < 1.29 is 4.79 Å². The van der Waals surface area contributed by atoms with Crippen LogP contribution in [0.5, 0.6) is 0 Å². The van der Waals surface area contributed by atoms with Gasteiger partial charge in [0.05, 0.1) is 16.8 Å². The second-order valence-corrected chi connectivity index (χ2v) is 5.73. The zero-order valence-corrected chi connectivity index (χ0v) is 12.3. The molecule has 0 aliphatic heterocycles. The Kier molecular flexibility index (Phi) is 4.12. The third-order valence-electron chi connectivity index (χ3n) is 3.10. The van der Waals surface area contributed by atoms with Crippen LogP contribution >= 0.6 is 22.9 Å². The van der Waals surface area contributed by atoms with Crippen molar-refractivity contribution in [3.8, 4) is 0 Å². The molecule has 5 heteroatoms. The van der Waals surface area contributed by atoms with Crippen molar-refractivity contribution in [2.24, 2.45) is 0 Å². The second kappa shape index (κ2) is 5.63. The first-order valence-corrected chi connectivity index (χ1v) is 7.12. The predicted molar refractivity (Wildman–Crippen MR) is 80.7 cm³/mol. The van der Waals surface area contributed by atoms with Crippen LogP contribution in [0.1, 0.15) is 28.2 Å². The first-order chi connectivity index (χ1) is 9.00. The van der Waals surface area contributed by atoms with E-state index >= 15 is 0 Å². The molecule has 0 aliphatic rings. The fraction of sp³-hybridized carbons (Fsp3) is 0.214. The fourth-order valence-electron chi connectivity index (χ4n) is 1.76. The number of nitrogen functional groups attached to an aromatic ring is 1. The number of thiophene rings is 1. The highest BCUT2D eigenvalue weighted by Gasteiger charge is 2.19. The maximum atomic E-state index is 12.4. The molecule has 100 valence electrons. The van der Waals surface area contributed by atoms with Gasteiger partial charge in [0.25, 0.3) is 5.91 Å². The van der Waals surface area contributed by atoms with E-state index in [-0.39, 0.29) is 11.9 Å². The molecule has 1 aromatic heterocycles. The normalized spacial score (nSPS) is 12.2. The van der Waals surface area contributed by atoms with Gasteiger partial charge < -0.3 is 10.6 Å². The van der Waals surface area contributed by atoms with E-state index in [0.29, 0.717) is 16.3 Å². The van der Waals surface area contributed by atoms with Crippen molar-refractivity contribution in [1.82, 2.24) is 4.90 Å². The fourth-order valence-corrected chi connectivity index (χ4v) is 2.77. The molecule has 1 heterocycles. The summed E-state index contributed by atoms with van der Waals surface area (Å²) in [4.78, 5) is 15.2. The first kappa shape index (κ1) is 13.9. The van der Waals surface area contributed by atoms with Crippen molar-refractivity contribution in [2.45, 2.75) is 13.0 Å². The second-order valence-electron chi connectivity index (χ2n) is 4.34. The van der Waals surface area contributed by atoms with E-state index in [0.717, 1.165) is 4.88 Å². The number of hydrogen-bond acceptors (Lipinski definition) is 3. The molecule has 1 aromatic carbocycles. The van der Waals surface area contributed by atoms with Crippen LogP contribution in [0.15, 0.2) is 35.7 Å². The Morgan fingerprint density at radius 2 is 2.16 bits per heavy atom. The Morgan fingerprint density at radius 1 is 1.42 bits per heavy atom. The average molecular weight is 295 g/mol. The van der Waals surface area contributed by atoms with E-state index in [2.05, 4.69) is 0 Å². The van der Waals surface area contributed by atoms with E-state index in [1.54, 1.807) is 41.5 Å². The summed E-state index contributed by atoms with van der Waals surface area (Å²) in [5.41, 5.74) is 6.67. The van der Waals surface area contributed by atoms with Crippen molar-refractivity contribution in [3.63, 3.8) is 0 Å². The van der Waals surface area contributed by atoms with Gasteiger partial charge in [0.1, 0.15) is 0 Å². The third kappa shape index (κ3) is 2.91. The van der Waals surface area contributed by atoms with E-state index in [1.165, 1.54) is 0 Å². The topological polar surface area (TPSA) is 46.3 Å². The third-order valence-corrected chi connectivity index (χ3v) is 4.47. The van der Waals surface area contributed by atoms with Crippen molar-refractivity contribution in [3.05, 3.63) is 51.2 Å². The van der Waals surface area contributed by atoms with Crippen LogP contribution in [0, 0.1) is 0 Å². The summed E-state index contributed by atoms with van der Waals surface area (Å²) in [6.07, 6.45) is 0. The highest BCUT2D eigenvalue weighted by molar-refractivity contribution is 7.10. The largest absolute Gasteiger partial charge is 0.398 e. The summed E-state index contributed by atoms with van der Waals surface area (Å²) in [7, 11) is 1.79. The number of anilines is 1. The Bertz CT molecular complexity index is 583. The lowest BCUT2D eigenvalue weighted by molar-refractivity contribution is 0.0745. The predicted octanol–water partition coefficient (Wildman–Crippen LogP) is 3.82. The quantitative estimate of drug-likeness (QED) is 0.875. The van der Waals surface area contributed by atoms with Crippen LogP contribution in [-0.2, 0) is 0 Å². The van der Waals surface area contributed by atoms with E-state index in [1.807, 2.05) is 24.4 Å². The minimum absolute atomic E-state index is 0.0313. The number of hydrogen-bond donors (Lipinski definition) is 1. The van der Waals surface area contributed by atoms with Gasteiger partial charge in [-0.25, -0.2) is 0 Å². The van der Waals surface area contributed by atoms with E-state index < -0.39 is 0 Å². The number of rotatable bonds is 3. The molecule has 1 amide bonds. The smallest absolute Gasteiger partial charge is 0.254 e. The molecular weight excluding hydrogens is 280 g/mol. The molecule has 0 spiro atoms. The number of amides is 1. The monoisotopic (exact) mass is 294 g/mol. The van der Waals surface area contributed by atoms with E-state index in [4.69, 9.17) is 17.3 Å². The molecule has 0 saturated heterocycles. The number of halogens is 1. The molecule has 2 aromatic rings. The zero-order valence-electron chi connectivity index (χ0n) is 10.8. The minimum Gasteiger partial charge on any atom is -0.398 e. The Labute approximate surface area is 121 Å². The van der Waals surface area contributed by atoms with Gasteiger partial charge in [-0.1, -0.05) is 17.7 Å². The molecular formula is C14H15ClN2OS. The molecule has 1 unspecified atom stereocenters. The number of nitrogens with zero attached hydrogens (tertiary/aromatic N) is 1. The Hall–Kier alpha value is -1.52. The van der Waals surface area contributed by atoms with Crippen LogP contribution in [0.25, 0.3) is 0 Å². The lowest BCUT2D eigenvalue weighted by Gasteiger charge is -2.24. The van der Waals surface area contributed by atoms with Gasteiger partial charge in [-0.3, -0.25) is 4.79 Å². The molecule has 1 atom stereocenters. The van der Waals surface area contributed by atoms with Crippen LogP contribution < -0.4 is 5.73 Å². The standard InChI is InChI=1S/C14H15ClN2OS/c1-9(13-4-3-7-19-13)17(2)14(18)10-5-6-12(16)11(15)8-10/h3-9H,16H2,1-2H3. The summed E-state index contributed by atoms with van der Waals surface area (Å²) in [5, 5.41) is 2.41. The maximum Gasteiger partial charge on any atom is 0.254 e. The Balaban J connectivity index is 2.21. The zero-order chi connectivity index (χ0) is 14.0.